The monoisotopic (exact) mass is 1030 g/mol. The Bertz CT molecular complexity index is 1180. The van der Waals surface area contributed by atoms with Crippen molar-refractivity contribution in [1.29, 1.82) is 0 Å². The molecular weight excluding hydrogens is 899 g/mol. The number of rotatable bonds is 61. The number of ether oxygens (including phenoxy) is 1. The molecule has 0 saturated heterocycles. The van der Waals surface area contributed by atoms with Gasteiger partial charge >= 0.3 is 5.97 Å². The minimum Gasteiger partial charge on any atom is -0.466 e. The van der Waals surface area contributed by atoms with E-state index >= 15 is 0 Å². The maximum Gasteiger partial charge on any atom is 0.305 e. The van der Waals surface area contributed by atoms with E-state index in [2.05, 4.69) is 55.6 Å². The van der Waals surface area contributed by atoms with Gasteiger partial charge in [0.25, 0.3) is 0 Å². The summed E-state index contributed by atoms with van der Waals surface area (Å²) in [5, 5.41) is 23.4. The van der Waals surface area contributed by atoms with E-state index in [1.807, 2.05) is 0 Å². The second-order valence-corrected chi connectivity index (χ2v) is 22.4. The number of aliphatic hydroxyl groups excluding tert-OH is 2. The maximum absolute atomic E-state index is 12.5. The topological polar surface area (TPSA) is 95.9 Å². The van der Waals surface area contributed by atoms with Crippen LogP contribution in [0.25, 0.3) is 0 Å². The molecule has 6 nitrogen and oxygen atoms in total. The second kappa shape index (κ2) is 62.6. The molecule has 0 aliphatic carbocycles. The standard InChI is InChI=1S/C67H127NO5/c1-3-5-7-9-11-13-15-17-19-20-21-22-23-24-25-26-27-28-32-35-39-43-47-51-55-59-65(70)64(63-69)68-66(71)60-56-52-48-44-40-36-33-29-30-34-38-42-46-50-54-58-62-73-67(72)61-57-53-49-45-41-37-31-18-16-14-12-10-8-6-4-2/h12,14,18,29,31,33,64-65,69-70H,3-11,13,15-17,19-28,30,32,34-63H2,1-2H3,(H,68,71)/b14-12-,31-18-,33-29-. The number of unbranched alkanes of at least 4 members (excludes halogenated alkanes) is 44. The van der Waals surface area contributed by atoms with Crippen LogP contribution in [0, 0.1) is 0 Å². The van der Waals surface area contributed by atoms with Crippen LogP contribution in [0.5, 0.6) is 0 Å². The lowest BCUT2D eigenvalue weighted by Crippen LogP contribution is -2.45. The Balaban J connectivity index is 3.46. The zero-order chi connectivity index (χ0) is 52.9. The Labute approximate surface area is 455 Å². The third-order valence-electron chi connectivity index (χ3n) is 15.2. The van der Waals surface area contributed by atoms with Crippen molar-refractivity contribution in [3.63, 3.8) is 0 Å². The summed E-state index contributed by atoms with van der Waals surface area (Å²) in [6.07, 6.45) is 78.7. The first-order valence-corrected chi connectivity index (χ1v) is 32.7. The van der Waals surface area contributed by atoms with Gasteiger partial charge in [0.1, 0.15) is 0 Å². The largest absolute Gasteiger partial charge is 0.466 e. The number of esters is 1. The first-order chi connectivity index (χ1) is 36.0. The van der Waals surface area contributed by atoms with Gasteiger partial charge in [0.2, 0.25) is 5.91 Å². The van der Waals surface area contributed by atoms with Gasteiger partial charge in [-0.2, -0.15) is 0 Å². The molecule has 0 saturated carbocycles. The van der Waals surface area contributed by atoms with Crippen molar-refractivity contribution < 1.29 is 24.5 Å². The average Bonchev–Trinajstić information content (AvgIpc) is 3.39. The maximum atomic E-state index is 12.5. The number of carbonyl (C=O) groups is 2. The highest BCUT2D eigenvalue weighted by Crippen LogP contribution is 2.18. The van der Waals surface area contributed by atoms with Crippen molar-refractivity contribution in [3.8, 4) is 0 Å². The number of carbonyl (C=O) groups excluding carboxylic acids is 2. The molecule has 6 heteroatoms. The van der Waals surface area contributed by atoms with Crippen LogP contribution in [0.15, 0.2) is 36.5 Å². The first kappa shape index (κ1) is 71.1. The highest BCUT2D eigenvalue weighted by molar-refractivity contribution is 5.76. The number of aliphatic hydroxyl groups is 2. The van der Waals surface area contributed by atoms with E-state index in [1.54, 1.807) is 0 Å². The normalized spacial score (nSPS) is 12.8. The fraction of sp³-hybridized carbons (Fsp3) is 0.881. The molecule has 0 aromatic heterocycles. The average molecular weight is 1030 g/mol. The molecule has 0 spiro atoms. The summed E-state index contributed by atoms with van der Waals surface area (Å²) in [6.45, 7) is 4.92. The van der Waals surface area contributed by atoms with Crippen LogP contribution in [0.2, 0.25) is 0 Å². The zero-order valence-electron chi connectivity index (χ0n) is 49.1. The third kappa shape index (κ3) is 59.2. The van der Waals surface area contributed by atoms with Gasteiger partial charge in [0.05, 0.1) is 25.4 Å². The van der Waals surface area contributed by atoms with Crippen molar-refractivity contribution in [2.45, 2.75) is 366 Å². The van der Waals surface area contributed by atoms with Gasteiger partial charge < -0.3 is 20.3 Å². The quantitative estimate of drug-likeness (QED) is 0.0320. The summed E-state index contributed by atoms with van der Waals surface area (Å²) in [5.74, 6) is -0.0653. The van der Waals surface area contributed by atoms with Gasteiger partial charge in [0, 0.05) is 12.8 Å². The molecule has 2 unspecified atom stereocenters. The van der Waals surface area contributed by atoms with E-state index in [-0.39, 0.29) is 18.5 Å². The van der Waals surface area contributed by atoms with E-state index < -0.39 is 12.1 Å². The van der Waals surface area contributed by atoms with E-state index in [0.717, 1.165) is 70.6 Å². The van der Waals surface area contributed by atoms with Crippen LogP contribution < -0.4 is 5.32 Å². The predicted octanol–water partition coefficient (Wildman–Crippen LogP) is 20.8. The van der Waals surface area contributed by atoms with E-state index in [0.29, 0.717) is 25.9 Å². The van der Waals surface area contributed by atoms with Crippen LogP contribution in [0.1, 0.15) is 354 Å². The number of amides is 1. The second-order valence-electron chi connectivity index (χ2n) is 22.4. The van der Waals surface area contributed by atoms with Crippen molar-refractivity contribution in [1.82, 2.24) is 5.32 Å². The van der Waals surface area contributed by atoms with Gasteiger partial charge in [-0.05, 0) is 83.5 Å². The summed E-state index contributed by atoms with van der Waals surface area (Å²) in [6, 6.07) is -0.556. The van der Waals surface area contributed by atoms with Crippen LogP contribution in [0.3, 0.4) is 0 Å². The first-order valence-electron chi connectivity index (χ1n) is 32.7. The number of hydrogen-bond donors (Lipinski definition) is 3. The van der Waals surface area contributed by atoms with Crippen molar-refractivity contribution >= 4 is 11.9 Å². The molecule has 2 atom stereocenters. The minimum atomic E-state index is -0.677. The Kier molecular flexibility index (Phi) is 61.0. The lowest BCUT2D eigenvalue weighted by molar-refractivity contribution is -0.143. The van der Waals surface area contributed by atoms with Gasteiger partial charge in [-0.3, -0.25) is 9.59 Å². The molecule has 0 aliphatic heterocycles. The molecule has 430 valence electrons. The molecule has 0 aromatic carbocycles. The zero-order valence-corrected chi connectivity index (χ0v) is 49.1. The number of allylic oxidation sites excluding steroid dienone is 6. The third-order valence-corrected chi connectivity index (χ3v) is 15.2. The van der Waals surface area contributed by atoms with Crippen molar-refractivity contribution in [2.24, 2.45) is 0 Å². The highest BCUT2D eigenvalue weighted by atomic mass is 16.5. The summed E-state index contributed by atoms with van der Waals surface area (Å²) < 4.78 is 5.47. The van der Waals surface area contributed by atoms with E-state index in [9.17, 15) is 19.8 Å². The van der Waals surface area contributed by atoms with Crippen LogP contribution in [0.4, 0.5) is 0 Å². The van der Waals surface area contributed by atoms with Gasteiger partial charge in [0.15, 0.2) is 0 Å². The van der Waals surface area contributed by atoms with Gasteiger partial charge in [-0.15, -0.1) is 0 Å². The molecule has 0 aliphatic rings. The molecule has 0 radical (unpaired) electrons. The molecule has 0 aromatic rings. The van der Waals surface area contributed by atoms with Crippen molar-refractivity contribution in [3.05, 3.63) is 36.5 Å². The summed E-state index contributed by atoms with van der Waals surface area (Å²) in [4.78, 5) is 24.6. The van der Waals surface area contributed by atoms with Crippen LogP contribution in [-0.4, -0.2) is 47.4 Å². The minimum absolute atomic E-state index is 0.0161. The van der Waals surface area contributed by atoms with Gasteiger partial charge in [-0.25, -0.2) is 0 Å². The summed E-state index contributed by atoms with van der Waals surface area (Å²) in [5.41, 5.74) is 0. The summed E-state index contributed by atoms with van der Waals surface area (Å²) >= 11 is 0. The molecule has 73 heavy (non-hydrogen) atoms. The Hall–Kier alpha value is -1.92. The molecule has 0 bridgehead atoms. The Morgan fingerprint density at radius 3 is 1.08 bits per heavy atom. The van der Waals surface area contributed by atoms with Crippen LogP contribution >= 0.6 is 0 Å². The number of hydrogen-bond acceptors (Lipinski definition) is 5. The smallest absolute Gasteiger partial charge is 0.305 e. The molecular formula is C67H127NO5. The molecule has 0 rings (SSSR count). The Morgan fingerprint density at radius 2 is 0.685 bits per heavy atom. The number of nitrogens with one attached hydrogen (secondary N) is 1. The fourth-order valence-electron chi connectivity index (χ4n) is 10.1. The Morgan fingerprint density at radius 1 is 0.384 bits per heavy atom. The molecule has 1 amide bonds. The predicted molar refractivity (Wildman–Crippen MR) is 319 cm³/mol. The van der Waals surface area contributed by atoms with E-state index in [4.69, 9.17) is 4.74 Å². The highest BCUT2D eigenvalue weighted by Gasteiger charge is 2.20. The lowest BCUT2D eigenvalue weighted by Gasteiger charge is -2.22. The fourth-order valence-corrected chi connectivity index (χ4v) is 10.1. The van der Waals surface area contributed by atoms with Gasteiger partial charge in [-0.1, -0.05) is 294 Å². The SMILES string of the molecule is CCCCC/C=C\C/C=C\CCCCCCCC(=O)OCCCCCCCCC/C=C\CCCCCCCC(=O)NC(CO)C(O)CCCCCCCCCCCCCCCCCCCCCCCCCCC. The summed E-state index contributed by atoms with van der Waals surface area (Å²) in [7, 11) is 0. The molecule has 3 N–H and O–H groups in total. The van der Waals surface area contributed by atoms with Crippen LogP contribution in [-0.2, 0) is 14.3 Å². The lowest BCUT2D eigenvalue weighted by atomic mass is 10.0. The molecule has 0 fully saturated rings. The van der Waals surface area contributed by atoms with E-state index in [1.165, 1.54) is 250 Å². The molecule has 0 heterocycles. The van der Waals surface area contributed by atoms with Crippen molar-refractivity contribution in [2.75, 3.05) is 13.2 Å².